The molecular weight excluding hydrogens is 244 g/mol. The molecule has 0 aliphatic carbocycles. The van der Waals surface area contributed by atoms with Crippen molar-refractivity contribution in [1.82, 2.24) is 20.1 Å². The topological polar surface area (TPSA) is 42.7 Å². The minimum atomic E-state index is 0.726. The molecule has 2 aromatic rings. The van der Waals surface area contributed by atoms with Gasteiger partial charge in [0, 0.05) is 23.3 Å². The summed E-state index contributed by atoms with van der Waals surface area (Å²) >= 11 is 7.50. The zero-order valence-electron chi connectivity index (χ0n) is 8.98. The Morgan fingerprint density at radius 3 is 3.06 bits per heavy atom. The molecule has 4 nitrogen and oxygen atoms in total. The Labute approximate surface area is 103 Å². The molecule has 0 aliphatic rings. The van der Waals surface area contributed by atoms with E-state index >= 15 is 0 Å². The summed E-state index contributed by atoms with van der Waals surface area (Å²) in [6.07, 6.45) is 1.75. The third kappa shape index (κ3) is 2.81. The van der Waals surface area contributed by atoms with Crippen molar-refractivity contribution in [1.29, 1.82) is 0 Å². The average molecular weight is 257 g/mol. The molecule has 2 rings (SSSR count). The largest absolute Gasteiger partial charge is 0.317 e. The molecule has 0 radical (unpaired) electrons. The number of thiophene rings is 1. The fraction of sp³-hybridized carbons (Fsp3) is 0.400. The monoisotopic (exact) mass is 256 g/mol. The van der Waals surface area contributed by atoms with Crippen molar-refractivity contribution in [3.05, 3.63) is 33.5 Å². The standard InChI is InChI=1S/C10H13ClN4S/c1-2-15-7-13-14-10(15)5-12-4-9-3-8(11)6-16-9/h3,6-7,12H,2,4-5H2,1H3. The molecule has 1 N–H and O–H groups in total. The second kappa shape index (κ2) is 5.43. The molecule has 86 valence electrons. The normalized spacial score (nSPS) is 10.9. The van der Waals surface area contributed by atoms with Gasteiger partial charge in [-0.05, 0) is 13.0 Å². The molecule has 0 aliphatic heterocycles. The second-order valence-corrected chi connectivity index (χ2v) is 4.80. The van der Waals surface area contributed by atoms with Crippen LogP contribution >= 0.6 is 22.9 Å². The van der Waals surface area contributed by atoms with Crippen LogP contribution in [-0.2, 0) is 19.6 Å². The lowest BCUT2D eigenvalue weighted by Gasteiger charge is -2.04. The van der Waals surface area contributed by atoms with E-state index in [1.165, 1.54) is 4.88 Å². The highest BCUT2D eigenvalue weighted by Gasteiger charge is 2.02. The van der Waals surface area contributed by atoms with E-state index in [0.717, 1.165) is 30.5 Å². The van der Waals surface area contributed by atoms with Crippen molar-refractivity contribution >= 4 is 22.9 Å². The second-order valence-electron chi connectivity index (χ2n) is 3.37. The van der Waals surface area contributed by atoms with Crippen LogP contribution in [0.1, 0.15) is 17.6 Å². The molecular formula is C10H13ClN4S. The summed E-state index contributed by atoms with van der Waals surface area (Å²) < 4.78 is 2.02. The Morgan fingerprint density at radius 1 is 1.50 bits per heavy atom. The predicted octanol–water partition coefficient (Wildman–Crippen LogP) is 2.30. The highest BCUT2D eigenvalue weighted by molar-refractivity contribution is 7.10. The molecule has 0 fully saturated rings. The molecule has 0 saturated carbocycles. The van der Waals surface area contributed by atoms with Crippen LogP contribution in [0.2, 0.25) is 5.02 Å². The maximum Gasteiger partial charge on any atom is 0.146 e. The molecule has 0 spiro atoms. The summed E-state index contributed by atoms with van der Waals surface area (Å²) in [5.74, 6) is 0.963. The minimum Gasteiger partial charge on any atom is -0.317 e. The molecule has 0 unspecified atom stereocenters. The van der Waals surface area contributed by atoms with Gasteiger partial charge in [0.15, 0.2) is 0 Å². The zero-order valence-corrected chi connectivity index (χ0v) is 10.6. The van der Waals surface area contributed by atoms with Gasteiger partial charge in [0.25, 0.3) is 0 Å². The number of halogens is 1. The fourth-order valence-corrected chi connectivity index (χ4v) is 2.47. The molecule has 2 heterocycles. The first-order chi connectivity index (χ1) is 7.79. The number of aryl methyl sites for hydroxylation is 1. The number of aromatic nitrogens is 3. The van der Waals surface area contributed by atoms with Crippen molar-refractivity contribution in [2.75, 3.05) is 0 Å². The quantitative estimate of drug-likeness (QED) is 0.893. The van der Waals surface area contributed by atoms with E-state index in [1.54, 1.807) is 17.7 Å². The molecule has 0 amide bonds. The van der Waals surface area contributed by atoms with Crippen LogP contribution in [0.3, 0.4) is 0 Å². The van der Waals surface area contributed by atoms with Gasteiger partial charge < -0.3 is 9.88 Å². The summed E-state index contributed by atoms with van der Waals surface area (Å²) in [4.78, 5) is 1.23. The lowest BCUT2D eigenvalue weighted by Crippen LogP contribution is -2.15. The van der Waals surface area contributed by atoms with E-state index in [2.05, 4.69) is 22.4 Å². The van der Waals surface area contributed by atoms with Crippen molar-refractivity contribution in [3.8, 4) is 0 Å². The number of nitrogens with zero attached hydrogens (tertiary/aromatic N) is 3. The van der Waals surface area contributed by atoms with Crippen molar-refractivity contribution in [3.63, 3.8) is 0 Å². The van der Waals surface area contributed by atoms with Crippen LogP contribution in [0.25, 0.3) is 0 Å². The van der Waals surface area contributed by atoms with E-state index in [9.17, 15) is 0 Å². The van der Waals surface area contributed by atoms with E-state index in [-0.39, 0.29) is 0 Å². The number of rotatable bonds is 5. The zero-order chi connectivity index (χ0) is 11.4. The van der Waals surface area contributed by atoms with Gasteiger partial charge in [-0.2, -0.15) is 0 Å². The van der Waals surface area contributed by atoms with Crippen LogP contribution in [0.4, 0.5) is 0 Å². The van der Waals surface area contributed by atoms with Crippen LogP contribution in [0.15, 0.2) is 17.8 Å². The smallest absolute Gasteiger partial charge is 0.146 e. The molecule has 0 aromatic carbocycles. The third-order valence-corrected chi connectivity index (χ3v) is 3.52. The van der Waals surface area contributed by atoms with Gasteiger partial charge in [0.2, 0.25) is 0 Å². The van der Waals surface area contributed by atoms with Crippen LogP contribution < -0.4 is 5.32 Å². The average Bonchev–Trinajstić information content (AvgIpc) is 2.87. The Hall–Kier alpha value is -0.910. The lowest BCUT2D eigenvalue weighted by molar-refractivity contribution is 0.615. The highest BCUT2D eigenvalue weighted by atomic mass is 35.5. The van der Waals surface area contributed by atoms with E-state index in [0.29, 0.717) is 0 Å². The van der Waals surface area contributed by atoms with Crippen LogP contribution in [-0.4, -0.2) is 14.8 Å². The van der Waals surface area contributed by atoms with Gasteiger partial charge in [-0.15, -0.1) is 21.5 Å². The first kappa shape index (κ1) is 11.6. The van der Waals surface area contributed by atoms with E-state index in [1.807, 2.05) is 16.0 Å². The molecule has 0 saturated heterocycles. The van der Waals surface area contributed by atoms with Crippen LogP contribution in [0.5, 0.6) is 0 Å². The van der Waals surface area contributed by atoms with E-state index < -0.39 is 0 Å². The Bertz CT molecular complexity index is 451. The Balaban J connectivity index is 1.84. The lowest BCUT2D eigenvalue weighted by atomic mass is 10.4. The molecule has 0 atom stereocenters. The van der Waals surface area contributed by atoms with Gasteiger partial charge in [0.1, 0.15) is 12.2 Å². The number of hydrogen-bond donors (Lipinski definition) is 1. The van der Waals surface area contributed by atoms with Gasteiger partial charge in [0.05, 0.1) is 11.6 Å². The maximum atomic E-state index is 5.84. The Kier molecular flexibility index (Phi) is 3.93. The third-order valence-electron chi connectivity index (χ3n) is 2.24. The summed E-state index contributed by atoms with van der Waals surface area (Å²) in [6.45, 7) is 4.51. The van der Waals surface area contributed by atoms with Gasteiger partial charge in [-0.25, -0.2) is 0 Å². The summed E-state index contributed by atoms with van der Waals surface area (Å²) in [5.41, 5.74) is 0. The minimum absolute atomic E-state index is 0.726. The summed E-state index contributed by atoms with van der Waals surface area (Å²) in [7, 11) is 0. The first-order valence-corrected chi connectivity index (χ1v) is 6.35. The van der Waals surface area contributed by atoms with Gasteiger partial charge in [-0.1, -0.05) is 11.6 Å². The fourth-order valence-electron chi connectivity index (χ4n) is 1.42. The Morgan fingerprint density at radius 2 is 2.38 bits per heavy atom. The number of nitrogens with one attached hydrogen (secondary N) is 1. The molecule has 16 heavy (non-hydrogen) atoms. The van der Waals surface area contributed by atoms with Crippen molar-refractivity contribution in [2.24, 2.45) is 0 Å². The van der Waals surface area contributed by atoms with Gasteiger partial charge >= 0.3 is 0 Å². The molecule has 0 bridgehead atoms. The first-order valence-electron chi connectivity index (χ1n) is 5.10. The summed E-state index contributed by atoms with van der Waals surface area (Å²) in [6, 6.07) is 1.98. The molecule has 6 heteroatoms. The highest BCUT2D eigenvalue weighted by Crippen LogP contribution is 2.18. The number of hydrogen-bond acceptors (Lipinski definition) is 4. The maximum absolute atomic E-state index is 5.84. The van der Waals surface area contributed by atoms with Gasteiger partial charge in [-0.3, -0.25) is 0 Å². The van der Waals surface area contributed by atoms with Crippen molar-refractivity contribution < 1.29 is 0 Å². The SMILES string of the molecule is CCn1cnnc1CNCc1cc(Cl)cs1. The van der Waals surface area contributed by atoms with Crippen LogP contribution in [0, 0.1) is 0 Å². The molecule has 2 aromatic heterocycles. The summed E-state index contributed by atoms with van der Waals surface area (Å²) in [5, 5.41) is 14.0. The van der Waals surface area contributed by atoms with E-state index in [4.69, 9.17) is 11.6 Å². The predicted molar refractivity (Wildman–Crippen MR) is 65.6 cm³/mol. The van der Waals surface area contributed by atoms with Crippen molar-refractivity contribution in [2.45, 2.75) is 26.6 Å².